The van der Waals surface area contributed by atoms with Crippen LogP contribution in [-0.4, -0.2) is 44.6 Å². The minimum atomic E-state index is -3.20. The molecule has 1 aromatic carbocycles. The summed E-state index contributed by atoms with van der Waals surface area (Å²) < 4.78 is 38.0. The highest BCUT2D eigenvalue weighted by Gasteiger charge is 2.24. The number of hydrogen-bond acceptors (Lipinski definition) is 3. The van der Waals surface area contributed by atoms with Gasteiger partial charge < -0.3 is 4.90 Å². The van der Waals surface area contributed by atoms with E-state index in [0.29, 0.717) is 38.8 Å². The zero-order valence-electron chi connectivity index (χ0n) is 12.6. The second kappa shape index (κ2) is 7.19. The predicted octanol–water partition coefficient (Wildman–Crippen LogP) is 1.30. The van der Waals surface area contributed by atoms with Crippen LogP contribution in [0.15, 0.2) is 24.3 Å². The van der Waals surface area contributed by atoms with E-state index in [1.54, 1.807) is 17.0 Å². The predicted molar refractivity (Wildman–Crippen MR) is 82.3 cm³/mol. The zero-order chi connectivity index (χ0) is 16.2. The maximum absolute atomic E-state index is 13.1. The molecule has 1 N–H and O–H groups in total. The number of rotatable bonds is 5. The van der Waals surface area contributed by atoms with Crippen LogP contribution in [0.3, 0.4) is 0 Å². The summed E-state index contributed by atoms with van der Waals surface area (Å²) in [6.45, 7) is 1.10. The van der Waals surface area contributed by atoms with E-state index in [9.17, 15) is 17.6 Å². The molecular weight excluding hydrogens is 307 g/mol. The minimum Gasteiger partial charge on any atom is -0.343 e. The Bertz CT molecular complexity index is 625. The van der Waals surface area contributed by atoms with Gasteiger partial charge in [0, 0.05) is 25.6 Å². The quantitative estimate of drug-likeness (QED) is 0.886. The highest BCUT2D eigenvalue weighted by Crippen LogP contribution is 2.14. The van der Waals surface area contributed by atoms with Crippen molar-refractivity contribution >= 4 is 15.9 Å². The van der Waals surface area contributed by atoms with Gasteiger partial charge in [-0.25, -0.2) is 17.5 Å². The molecule has 7 heteroatoms. The molecular formula is C15H21FN2O3S. The third-order valence-electron chi connectivity index (χ3n) is 3.74. The van der Waals surface area contributed by atoms with E-state index >= 15 is 0 Å². The van der Waals surface area contributed by atoms with Crippen LogP contribution in [0.25, 0.3) is 0 Å². The monoisotopic (exact) mass is 328 g/mol. The van der Waals surface area contributed by atoms with E-state index in [4.69, 9.17) is 0 Å². The van der Waals surface area contributed by atoms with E-state index in [1.807, 2.05) is 0 Å². The molecule has 0 spiro atoms. The first-order chi connectivity index (χ1) is 10.3. The number of aryl methyl sites for hydroxylation is 1. The first-order valence-electron chi connectivity index (χ1n) is 7.33. The van der Waals surface area contributed by atoms with Crippen molar-refractivity contribution in [2.75, 3.05) is 19.3 Å². The van der Waals surface area contributed by atoms with E-state index in [0.717, 1.165) is 11.8 Å². The van der Waals surface area contributed by atoms with Crippen LogP contribution < -0.4 is 4.72 Å². The van der Waals surface area contributed by atoms with Gasteiger partial charge in [-0.15, -0.1) is 0 Å². The molecule has 5 nitrogen and oxygen atoms in total. The first-order valence-corrected chi connectivity index (χ1v) is 9.22. The third kappa shape index (κ3) is 5.38. The highest BCUT2D eigenvalue weighted by atomic mass is 32.2. The number of hydrogen-bond donors (Lipinski definition) is 1. The lowest BCUT2D eigenvalue weighted by Gasteiger charge is -2.32. The van der Waals surface area contributed by atoms with Crippen molar-refractivity contribution in [3.63, 3.8) is 0 Å². The summed E-state index contributed by atoms with van der Waals surface area (Å²) >= 11 is 0. The van der Waals surface area contributed by atoms with Gasteiger partial charge in [0.05, 0.1) is 6.26 Å². The van der Waals surface area contributed by atoms with Crippen LogP contribution in [-0.2, 0) is 21.2 Å². The molecule has 1 heterocycles. The zero-order valence-corrected chi connectivity index (χ0v) is 13.4. The number of carbonyl (C=O) groups excluding carboxylic acids is 1. The Balaban J connectivity index is 1.78. The molecule has 1 fully saturated rings. The lowest BCUT2D eigenvalue weighted by Crippen LogP contribution is -2.46. The van der Waals surface area contributed by atoms with E-state index < -0.39 is 10.0 Å². The number of amides is 1. The number of benzene rings is 1. The largest absolute Gasteiger partial charge is 0.343 e. The van der Waals surface area contributed by atoms with Gasteiger partial charge in [-0.05, 0) is 37.0 Å². The number of carbonyl (C=O) groups is 1. The average molecular weight is 328 g/mol. The molecule has 0 radical (unpaired) electrons. The van der Waals surface area contributed by atoms with Gasteiger partial charge >= 0.3 is 0 Å². The van der Waals surface area contributed by atoms with Crippen LogP contribution in [0.5, 0.6) is 0 Å². The van der Waals surface area contributed by atoms with E-state index in [1.165, 1.54) is 12.1 Å². The third-order valence-corrected chi connectivity index (χ3v) is 4.51. The lowest BCUT2D eigenvalue weighted by molar-refractivity contribution is -0.132. The van der Waals surface area contributed by atoms with Gasteiger partial charge in [-0.1, -0.05) is 12.1 Å². The number of nitrogens with zero attached hydrogens (tertiary/aromatic N) is 1. The van der Waals surface area contributed by atoms with Crippen molar-refractivity contribution in [3.05, 3.63) is 35.6 Å². The number of likely N-dealkylation sites (tertiary alicyclic amines) is 1. The van der Waals surface area contributed by atoms with Crippen LogP contribution >= 0.6 is 0 Å². The molecule has 2 rings (SSSR count). The molecule has 0 atom stereocenters. The summed E-state index contributed by atoms with van der Waals surface area (Å²) in [6, 6.07) is 6.17. The topological polar surface area (TPSA) is 66.5 Å². The highest BCUT2D eigenvalue weighted by molar-refractivity contribution is 7.88. The smallest absolute Gasteiger partial charge is 0.222 e. The maximum atomic E-state index is 13.1. The van der Waals surface area contributed by atoms with Gasteiger partial charge in [-0.2, -0.15) is 0 Å². The number of sulfonamides is 1. The SMILES string of the molecule is CS(=O)(=O)NC1CCN(C(=O)CCc2cccc(F)c2)CC1. The van der Waals surface area contributed by atoms with Crippen molar-refractivity contribution in [2.24, 2.45) is 0 Å². The van der Waals surface area contributed by atoms with Gasteiger partial charge in [0.15, 0.2) is 0 Å². The number of halogens is 1. The fourth-order valence-electron chi connectivity index (χ4n) is 2.65. The summed E-state index contributed by atoms with van der Waals surface area (Å²) in [6.07, 6.45) is 3.24. The molecule has 22 heavy (non-hydrogen) atoms. The Morgan fingerprint density at radius 2 is 2.05 bits per heavy atom. The second-order valence-electron chi connectivity index (χ2n) is 5.67. The normalized spacial score (nSPS) is 16.7. The molecule has 0 saturated carbocycles. The molecule has 1 aromatic rings. The average Bonchev–Trinajstić information content (AvgIpc) is 2.44. The summed E-state index contributed by atoms with van der Waals surface area (Å²) in [5, 5.41) is 0. The standard InChI is InChI=1S/C15H21FN2O3S/c1-22(20,21)17-14-7-9-18(10-8-14)15(19)6-5-12-3-2-4-13(16)11-12/h2-4,11,14,17H,5-10H2,1H3. The summed E-state index contributed by atoms with van der Waals surface area (Å²) in [4.78, 5) is 13.9. The number of nitrogens with one attached hydrogen (secondary N) is 1. The fraction of sp³-hybridized carbons (Fsp3) is 0.533. The van der Waals surface area contributed by atoms with Gasteiger partial charge in [0.25, 0.3) is 0 Å². The van der Waals surface area contributed by atoms with E-state index in [2.05, 4.69) is 4.72 Å². The fourth-order valence-corrected chi connectivity index (χ4v) is 3.49. The van der Waals surface area contributed by atoms with Crippen LogP contribution in [0.4, 0.5) is 4.39 Å². The molecule has 1 amide bonds. The Morgan fingerprint density at radius 1 is 1.36 bits per heavy atom. The van der Waals surface area contributed by atoms with Gasteiger partial charge in [0.2, 0.25) is 15.9 Å². The molecule has 0 aliphatic carbocycles. The van der Waals surface area contributed by atoms with Crippen molar-refractivity contribution in [1.82, 2.24) is 9.62 Å². The lowest BCUT2D eigenvalue weighted by atomic mass is 10.0. The molecule has 0 bridgehead atoms. The molecule has 1 aliphatic rings. The van der Waals surface area contributed by atoms with Crippen molar-refractivity contribution in [3.8, 4) is 0 Å². The Morgan fingerprint density at radius 3 is 2.64 bits per heavy atom. The Hall–Kier alpha value is -1.47. The van der Waals surface area contributed by atoms with Crippen molar-refractivity contribution in [1.29, 1.82) is 0 Å². The molecule has 122 valence electrons. The van der Waals surface area contributed by atoms with Gasteiger partial charge in [-0.3, -0.25) is 4.79 Å². The van der Waals surface area contributed by atoms with Crippen LogP contribution in [0.2, 0.25) is 0 Å². The second-order valence-corrected chi connectivity index (χ2v) is 7.46. The molecule has 1 saturated heterocycles. The maximum Gasteiger partial charge on any atom is 0.222 e. The molecule has 0 aromatic heterocycles. The number of piperidine rings is 1. The van der Waals surface area contributed by atoms with E-state index in [-0.39, 0.29) is 17.8 Å². The Labute approximate surface area is 130 Å². The summed E-state index contributed by atoms with van der Waals surface area (Å²) in [7, 11) is -3.20. The first kappa shape index (κ1) is 16.9. The molecule has 1 aliphatic heterocycles. The van der Waals surface area contributed by atoms with Crippen molar-refractivity contribution in [2.45, 2.75) is 31.7 Å². The minimum absolute atomic E-state index is 0.0297. The Kier molecular flexibility index (Phi) is 5.52. The van der Waals surface area contributed by atoms with Crippen molar-refractivity contribution < 1.29 is 17.6 Å². The summed E-state index contributed by atoms with van der Waals surface area (Å²) in [5.74, 6) is -0.264. The van der Waals surface area contributed by atoms with Crippen LogP contribution in [0.1, 0.15) is 24.8 Å². The molecule has 0 unspecified atom stereocenters. The van der Waals surface area contributed by atoms with Crippen LogP contribution in [0, 0.1) is 5.82 Å². The summed E-state index contributed by atoms with van der Waals surface area (Å²) in [5.41, 5.74) is 0.807. The van der Waals surface area contributed by atoms with Gasteiger partial charge in [0.1, 0.15) is 5.82 Å².